The maximum absolute atomic E-state index is 12.6. The molecule has 1 heterocycles. The van der Waals surface area contributed by atoms with E-state index in [9.17, 15) is 4.79 Å². The molecule has 1 aromatic rings. The van der Waals surface area contributed by atoms with E-state index in [0.29, 0.717) is 31.9 Å². The van der Waals surface area contributed by atoms with Crippen molar-refractivity contribution in [3.05, 3.63) is 29.8 Å². The van der Waals surface area contributed by atoms with Gasteiger partial charge in [-0.25, -0.2) is 0 Å². The van der Waals surface area contributed by atoms with Gasteiger partial charge in [0.25, 0.3) is 5.91 Å². The third kappa shape index (κ3) is 6.17. The monoisotopic (exact) mass is 370 g/mol. The number of methoxy groups -OCH3 is 1. The lowest BCUT2D eigenvalue weighted by Gasteiger charge is -2.34. The predicted molar refractivity (Wildman–Crippen MR) is 102 cm³/mol. The standard InChI is InChI=1S/C19H30N2O3.ClH/c1-15(2)8-13-24-17-7-5-4-6-16(17)14-21-18(22)19(23-3)9-11-20-12-10-19;/h4-7,15,20H,8-14H2,1-3H3,(H,21,22);1H. The number of rotatable bonds is 8. The molecule has 5 nitrogen and oxygen atoms in total. The average Bonchev–Trinajstić information content (AvgIpc) is 2.61. The Morgan fingerprint density at radius 3 is 2.60 bits per heavy atom. The molecular weight excluding hydrogens is 340 g/mol. The molecule has 0 bridgehead atoms. The minimum Gasteiger partial charge on any atom is -0.493 e. The lowest BCUT2D eigenvalue weighted by atomic mass is 9.91. The number of para-hydroxylation sites is 1. The first kappa shape index (κ1) is 21.7. The van der Waals surface area contributed by atoms with Gasteiger partial charge in [-0.15, -0.1) is 12.4 Å². The normalized spacial score (nSPS) is 16.2. The van der Waals surface area contributed by atoms with Gasteiger partial charge in [0.2, 0.25) is 0 Å². The highest BCUT2D eigenvalue weighted by Crippen LogP contribution is 2.24. The Morgan fingerprint density at radius 1 is 1.28 bits per heavy atom. The van der Waals surface area contributed by atoms with E-state index >= 15 is 0 Å². The van der Waals surface area contributed by atoms with Crippen molar-refractivity contribution < 1.29 is 14.3 Å². The summed E-state index contributed by atoms with van der Waals surface area (Å²) >= 11 is 0. The zero-order valence-electron chi connectivity index (χ0n) is 15.5. The molecule has 142 valence electrons. The lowest BCUT2D eigenvalue weighted by Crippen LogP contribution is -2.53. The van der Waals surface area contributed by atoms with E-state index in [-0.39, 0.29) is 18.3 Å². The number of ether oxygens (including phenoxy) is 2. The first-order valence-electron chi connectivity index (χ1n) is 8.82. The van der Waals surface area contributed by atoms with Crippen LogP contribution in [0.5, 0.6) is 5.75 Å². The van der Waals surface area contributed by atoms with Gasteiger partial charge >= 0.3 is 0 Å². The van der Waals surface area contributed by atoms with E-state index in [1.165, 1.54) is 0 Å². The Morgan fingerprint density at radius 2 is 1.96 bits per heavy atom. The Bertz CT molecular complexity index is 531. The van der Waals surface area contributed by atoms with Crippen molar-refractivity contribution in [2.24, 2.45) is 5.92 Å². The molecule has 6 heteroatoms. The minimum absolute atomic E-state index is 0. The molecule has 1 aliphatic rings. The molecule has 0 aliphatic carbocycles. The quantitative estimate of drug-likeness (QED) is 0.738. The van der Waals surface area contributed by atoms with Crippen LogP contribution >= 0.6 is 12.4 Å². The SMILES string of the molecule is COC1(C(=O)NCc2ccccc2OCCC(C)C)CCNCC1.Cl. The molecule has 0 atom stereocenters. The van der Waals surface area contributed by atoms with Gasteiger partial charge in [0.1, 0.15) is 11.4 Å². The van der Waals surface area contributed by atoms with E-state index < -0.39 is 5.60 Å². The summed E-state index contributed by atoms with van der Waals surface area (Å²) in [6, 6.07) is 7.87. The summed E-state index contributed by atoms with van der Waals surface area (Å²) in [5.74, 6) is 1.41. The molecular formula is C19H31ClN2O3. The highest BCUT2D eigenvalue weighted by Gasteiger charge is 2.39. The molecule has 2 rings (SSSR count). The number of carbonyl (C=O) groups is 1. The molecule has 2 N–H and O–H groups in total. The number of hydrogen-bond acceptors (Lipinski definition) is 4. The van der Waals surface area contributed by atoms with Crippen LogP contribution in [0.2, 0.25) is 0 Å². The third-order valence-corrected chi connectivity index (χ3v) is 4.58. The maximum Gasteiger partial charge on any atom is 0.252 e. The first-order chi connectivity index (χ1) is 11.6. The highest BCUT2D eigenvalue weighted by atomic mass is 35.5. The zero-order chi connectivity index (χ0) is 17.4. The fourth-order valence-corrected chi connectivity index (χ4v) is 2.89. The predicted octanol–water partition coefficient (Wildman–Crippen LogP) is 2.92. The molecule has 25 heavy (non-hydrogen) atoms. The van der Waals surface area contributed by atoms with Crippen molar-refractivity contribution in [1.29, 1.82) is 0 Å². The molecule has 0 radical (unpaired) electrons. The van der Waals surface area contributed by atoms with E-state index in [2.05, 4.69) is 24.5 Å². The number of halogens is 1. The van der Waals surface area contributed by atoms with Gasteiger partial charge in [-0.2, -0.15) is 0 Å². The van der Waals surface area contributed by atoms with Crippen LogP contribution in [-0.4, -0.2) is 38.3 Å². The number of carbonyl (C=O) groups excluding carboxylic acids is 1. The van der Waals surface area contributed by atoms with Crippen LogP contribution in [0.4, 0.5) is 0 Å². The summed E-state index contributed by atoms with van der Waals surface area (Å²) in [4.78, 5) is 12.6. The van der Waals surface area contributed by atoms with Crippen LogP contribution < -0.4 is 15.4 Å². The van der Waals surface area contributed by atoms with Crippen LogP contribution in [-0.2, 0) is 16.1 Å². The number of benzene rings is 1. The minimum atomic E-state index is -0.710. The van der Waals surface area contributed by atoms with Crippen LogP contribution in [0.1, 0.15) is 38.7 Å². The van der Waals surface area contributed by atoms with E-state index in [1.807, 2.05) is 24.3 Å². The second kappa shape index (κ2) is 10.6. The average molecular weight is 371 g/mol. The Hall–Kier alpha value is -1.30. The summed E-state index contributed by atoms with van der Waals surface area (Å²) in [6.07, 6.45) is 2.41. The van der Waals surface area contributed by atoms with E-state index in [1.54, 1.807) is 7.11 Å². The molecule has 1 aliphatic heterocycles. The molecule has 0 aromatic heterocycles. The number of amides is 1. The van der Waals surface area contributed by atoms with Gasteiger partial charge in [0, 0.05) is 19.2 Å². The molecule has 1 fully saturated rings. The Labute approximate surface area is 157 Å². The summed E-state index contributed by atoms with van der Waals surface area (Å²) in [5, 5.41) is 6.29. The summed E-state index contributed by atoms with van der Waals surface area (Å²) in [6.45, 7) is 7.11. The van der Waals surface area contributed by atoms with Gasteiger partial charge in [-0.1, -0.05) is 32.0 Å². The van der Waals surface area contributed by atoms with Crippen molar-refractivity contribution in [1.82, 2.24) is 10.6 Å². The van der Waals surface area contributed by atoms with E-state index in [4.69, 9.17) is 9.47 Å². The maximum atomic E-state index is 12.6. The van der Waals surface area contributed by atoms with Gasteiger partial charge in [0.15, 0.2) is 0 Å². The topological polar surface area (TPSA) is 59.6 Å². The van der Waals surface area contributed by atoms with Crippen LogP contribution in [0, 0.1) is 5.92 Å². The highest BCUT2D eigenvalue weighted by molar-refractivity contribution is 5.85. The summed E-state index contributed by atoms with van der Waals surface area (Å²) in [7, 11) is 1.62. The molecule has 1 aromatic carbocycles. The van der Waals surface area contributed by atoms with Crippen molar-refractivity contribution >= 4 is 18.3 Å². The number of piperidine rings is 1. The number of nitrogens with one attached hydrogen (secondary N) is 2. The second-order valence-electron chi connectivity index (χ2n) is 6.77. The van der Waals surface area contributed by atoms with Gasteiger partial charge in [-0.3, -0.25) is 4.79 Å². The summed E-state index contributed by atoms with van der Waals surface area (Å²) < 4.78 is 11.5. The zero-order valence-corrected chi connectivity index (χ0v) is 16.3. The van der Waals surface area contributed by atoms with Crippen LogP contribution in [0.3, 0.4) is 0 Å². The summed E-state index contributed by atoms with van der Waals surface area (Å²) in [5.41, 5.74) is 0.286. The van der Waals surface area contributed by atoms with Crippen molar-refractivity contribution in [3.8, 4) is 5.75 Å². The first-order valence-corrected chi connectivity index (χ1v) is 8.82. The van der Waals surface area contributed by atoms with Gasteiger partial charge in [0.05, 0.1) is 6.61 Å². The molecule has 1 saturated heterocycles. The van der Waals surface area contributed by atoms with Crippen molar-refractivity contribution in [2.45, 2.75) is 45.3 Å². The fraction of sp³-hybridized carbons (Fsp3) is 0.632. The second-order valence-corrected chi connectivity index (χ2v) is 6.77. The van der Waals surface area contributed by atoms with Crippen LogP contribution in [0.15, 0.2) is 24.3 Å². The Balaban J connectivity index is 0.00000312. The Kier molecular flexibility index (Phi) is 9.25. The van der Waals surface area contributed by atoms with Gasteiger partial charge in [-0.05, 0) is 44.3 Å². The number of hydrogen-bond donors (Lipinski definition) is 2. The van der Waals surface area contributed by atoms with Crippen LogP contribution in [0.25, 0.3) is 0 Å². The van der Waals surface area contributed by atoms with Crippen molar-refractivity contribution in [3.63, 3.8) is 0 Å². The third-order valence-electron chi connectivity index (χ3n) is 4.58. The lowest BCUT2D eigenvalue weighted by molar-refractivity contribution is -0.146. The largest absolute Gasteiger partial charge is 0.493 e. The van der Waals surface area contributed by atoms with Gasteiger partial charge < -0.3 is 20.1 Å². The van der Waals surface area contributed by atoms with E-state index in [0.717, 1.165) is 30.8 Å². The fourth-order valence-electron chi connectivity index (χ4n) is 2.89. The van der Waals surface area contributed by atoms with Crippen molar-refractivity contribution in [2.75, 3.05) is 26.8 Å². The molecule has 0 saturated carbocycles. The smallest absolute Gasteiger partial charge is 0.252 e. The molecule has 0 spiro atoms. The molecule has 0 unspecified atom stereocenters. The molecule has 1 amide bonds.